The number of nitrogens with zero attached hydrogens (tertiary/aromatic N) is 3. The molecule has 1 saturated carbocycles. The molecule has 5 heteroatoms. The van der Waals surface area contributed by atoms with E-state index in [1.807, 2.05) is 38.1 Å². The highest BCUT2D eigenvalue weighted by molar-refractivity contribution is 5.37. The Morgan fingerprint density at radius 1 is 1.27 bits per heavy atom. The first kappa shape index (κ1) is 15.0. The molecule has 3 rings (SSSR count). The number of hydrogen-bond acceptors (Lipinski definition) is 4. The molecule has 0 saturated heterocycles. The fraction of sp³-hybridized carbons (Fsp3) is 0.529. The quantitative estimate of drug-likeness (QED) is 0.891. The molecule has 0 spiro atoms. The maximum Gasteiger partial charge on any atom is 0.161 e. The molecule has 1 N–H and O–H groups in total. The van der Waals surface area contributed by atoms with Crippen LogP contribution in [0, 0.1) is 11.8 Å². The van der Waals surface area contributed by atoms with Gasteiger partial charge < -0.3 is 9.84 Å². The lowest BCUT2D eigenvalue weighted by Crippen LogP contribution is -2.13. The zero-order valence-corrected chi connectivity index (χ0v) is 13.4. The van der Waals surface area contributed by atoms with Crippen molar-refractivity contribution in [2.75, 3.05) is 7.11 Å². The van der Waals surface area contributed by atoms with Crippen molar-refractivity contribution < 1.29 is 9.84 Å². The highest BCUT2D eigenvalue weighted by Crippen LogP contribution is 2.32. The minimum atomic E-state index is -0.623. The second kappa shape index (κ2) is 6.08. The number of aliphatic hydroxyl groups is 1. The van der Waals surface area contributed by atoms with Crippen LogP contribution in [0.5, 0.6) is 5.75 Å². The summed E-state index contributed by atoms with van der Waals surface area (Å²) in [6.45, 7) is 3.97. The second-order valence-corrected chi connectivity index (χ2v) is 6.33. The zero-order valence-electron chi connectivity index (χ0n) is 13.4. The molecular weight excluding hydrogens is 278 g/mol. The van der Waals surface area contributed by atoms with Crippen molar-refractivity contribution >= 4 is 0 Å². The highest BCUT2D eigenvalue weighted by atomic mass is 16.5. The first-order valence-corrected chi connectivity index (χ1v) is 7.86. The van der Waals surface area contributed by atoms with E-state index >= 15 is 0 Å². The summed E-state index contributed by atoms with van der Waals surface area (Å²) in [5, 5.41) is 15.1. The predicted octanol–water partition coefficient (Wildman–Crippen LogP) is 2.92. The lowest BCUT2D eigenvalue weighted by Gasteiger charge is -2.14. The van der Waals surface area contributed by atoms with Crippen LogP contribution in [0.2, 0.25) is 0 Å². The third kappa shape index (κ3) is 3.14. The van der Waals surface area contributed by atoms with E-state index in [0.29, 0.717) is 5.82 Å². The summed E-state index contributed by atoms with van der Waals surface area (Å²) in [4.78, 5) is 4.60. The van der Waals surface area contributed by atoms with Crippen molar-refractivity contribution in [2.45, 2.75) is 39.2 Å². The molecule has 5 nitrogen and oxygen atoms in total. The Hall–Kier alpha value is -1.88. The molecule has 0 bridgehead atoms. The van der Waals surface area contributed by atoms with E-state index < -0.39 is 6.10 Å². The van der Waals surface area contributed by atoms with Gasteiger partial charge in [0, 0.05) is 6.42 Å². The van der Waals surface area contributed by atoms with Gasteiger partial charge in [-0.25, -0.2) is 9.67 Å². The van der Waals surface area contributed by atoms with Gasteiger partial charge in [0.15, 0.2) is 11.6 Å². The standard InChI is InChI=1S/C17H23N3O2/c1-11(2)16(21)17-18-15(10-12-4-5-12)19-20(17)13-6-8-14(22-3)9-7-13/h6-9,11-12,16,21H,4-5,10H2,1-3H3. The summed E-state index contributed by atoms with van der Waals surface area (Å²) >= 11 is 0. The molecule has 22 heavy (non-hydrogen) atoms. The van der Waals surface area contributed by atoms with Crippen molar-refractivity contribution in [1.29, 1.82) is 0 Å². The SMILES string of the molecule is COc1ccc(-n2nc(CC3CC3)nc2C(O)C(C)C)cc1. The summed E-state index contributed by atoms with van der Waals surface area (Å²) in [5.41, 5.74) is 0.894. The van der Waals surface area contributed by atoms with Gasteiger partial charge in [-0.2, -0.15) is 5.10 Å². The molecule has 0 aliphatic heterocycles. The van der Waals surface area contributed by atoms with Gasteiger partial charge in [0.05, 0.1) is 12.8 Å². The summed E-state index contributed by atoms with van der Waals surface area (Å²) < 4.78 is 6.96. The van der Waals surface area contributed by atoms with Gasteiger partial charge in [-0.05, 0) is 48.9 Å². The molecule has 1 aliphatic rings. The fourth-order valence-electron chi connectivity index (χ4n) is 2.44. The third-order valence-corrected chi connectivity index (χ3v) is 4.06. The summed E-state index contributed by atoms with van der Waals surface area (Å²) in [6.07, 6.45) is 2.81. The number of methoxy groups -OCH3 is 1. The summed E-state index contributed by atoms with van der Waals surface area (Å²) in [6, 6.07) is 7.65. The smallest absolute Gasteiger partial charge is 0.161 e. The predicted molar refractivity (Wildman–Crippen MR) is 84.1 cm³/mol. The molecule has 0 amide bonds. The van der Waals surface area contributed by atoms with Gasteiger partial charge in [-0.1, -0.05) is 13.8 Å². The Morgan fingerprint density at radius 3 is 2.50 bits per heavy atom. The monoisotopic (exact) mass is 301 g/mol. The van der Waals surface area contributed by atoms with Crippen molar-refractivity contribution in [1.82, 2.24) is 14.8 Å². The molecule has 2 aromatic rings. The Kier molecular flexibility index (Phi) is 4.16. The average Bonchev–Trinajstić information content (AvgIpc) is 3.23. The van der Waals surface area contributed by atoms with Crippen LogP contribution in [-0.2, 0) is 6.42 Å². The van der Waals surface area contributed by atoms with Crippen LogP contribution in [0.3, 0.4) is 0 Å². The summed E-state index contributed by atoms with van der Waals surface area (Å²) in [5.74, 6) is 3.06. The number of aromatic nitrogens is 3. The van der Waals surface area contributed by atoms with Crippen LogP contribution in [0.25, 0.3) is 5.69 Å². The molecule has 1 aromatic carbocycles. The number of aliphatic hydroxyl groups excluding tert-OH is 1. The molecule has 1 atom stereocenters. The van der Waals surface area contributed by atoms with Gasteiger partial charge in [-0.15, -0.1) is 0 Å². The molecule has 1 aromatic heterocycles. The Balaban J connectivity index is 1.96. The zero-order chi connectivity index (χ0) is 15.7. The average molecular weight is 301 g/mol. The normalized spacial score (nSPS) is 16.0. The fourth-order valence-corrected chi connectivity index (χ4v) is 2.44. The van der Waals surface area contributed by atoms with E-state index in [1.165, 1.54) is 12.8 Å². The van der Waals surface area contributed by atoms with Gasteiger partial charge >= 0.3 is 0 Å². The Morgan fingerprint density at radius 2 is 1.95 bits per heavy atom. The molecule has 1 heterocycles. The van der Waals surface area contributed by atoms with Gasteiger partial charge in [0.25, 0.3) is 0 Å². The largest absolute Gasteiger partial charge is 0.497 e. The van der Waals surface area contributed by atoms with Crippen LogP contribution in [-0.4, -0.2) is 27.0 Å². The second-order valence-electron chi connectivity index (χ2n) is 6.33. The molecule has 1 fully saturated rings. The lowest BCUT2D eigenvalue weighted by molar-refractivity contribution is 0.115. The minimum absolute atomic E-state index is 0.0926. The number of ether oxygens (including phenoxy) is 1. The molecule has 0 radical (unpaired) electrons. The van der Waals surface area contributed by atoms with E-state index in [4.69, 9.17) is 4.74 Å². The van der Waals surface area contributed by atoms with Crippen molar-refractivity contribution in [3.8, 4) is 11.4 Å². The van der Waals surface area contributed by atoms with Crippen molar-refractivity contribution in [3.05, 3.63) is 35.9 Å². The first-order valence-electron chi connectivity index (χ1n) is 7.86. The summed E-state index contributed by atoms with van der Waals surface area (Å²) in [7, 11) is 1.65. The van der Waals surface area contributed by atoms with E-state index in [-0.39, 0.29) is 5.92 Å². The Labute approximate surface area is 131 Å². The minimum Gasteiger partial charge on any atom is -0.497 e. The van der Waals surface area contributed by atoms with Crippen LogP contribution in [0.4, 0.5) is 0 Å². The van der Waals surface area contributed by atoms with Gasteiger partial charge in [0.1, 0.15) is 11.9 Å². The molecule has 1 unspecified atom stereocenters. The van der Waals surface area contributed by atoms with Gasteiger partial charge in [0.2, 0.25) is 0 Å². The molecular formula is C17H23N3O2. The van der Waals surface area contributed by atoms with Crippen LogP contribution >= 0.6 is 0 Å². The van der Waals surface area contributed by atoms with E-state index in [0.717, 1.165) is 29.6 Å². The number of benzene rings is 1. The van der Waals surface area contributed by atoms with Crippen molar-refractivity contribution in [2.24, 2.45) is 11.8 Å². The molecule has 1 aliphatic carbocycles. The van der Waals surface area contributed by atoms with Crippen LogP contribution < -0.4 is 4.74 Å². The third-order valence-electron chi connectivity index (χ3n) is 4.06. The number of rotatable bonds is 6. The van der Waals surface area contributed by atoms with Crippen LogP contribution in [0.1, 0.15) is 44.4 Å². The maximum absolute atomic E-state index is 10.5. The van der Waals surface area contributed by atoms with Crippen molar-refractivity contribution in [3.63, 3.8) is 0 Å². The first-order chi connectivity index (χ1) is 10.6. The topological polar surface area (TPSA) is 60.2 Å². The highest BCUT2D eigenvalue weighted by Gasteiger charge is 2.27. The maximum atomic E-state index is 10.5. The van der Waals surface area contributed by atoms with Crippen LogP contribution in [0.15, 0.2) is 24.3 Å². The van der Waals surface area contributed by atoms with E-state index in [2.05, 4.69) is 10.1 Å². The van der Waals surface area contributed by atoms with E-state index in [1.54, 1.807) is 11.8 Å². The molecule has 118 valence electrons. The lowest BCUT2D eigenvalue weighted by atomic mass is 10.1. The van der Waals surface area contributed by atoms with E-state index in [9.17, 15) is 5.11 Å². The Bertz CT molecular complexity index is 630. The number of hydrogen-bond donors (Lipinski definition) is 1. The van der Waals surface area contributed by atoms with Gasteiger partial charge in [-0.3, -0.25) is 0 Å².